The number of imide groups is 1. The lowest BCUT2D eigenvalue weighted by molar-refractivity contribution is -0.139. The zero-order chi connectivity index (χ0) is 20.4. The number of likely N-dealkylation sites (tertiary alicyclic amines) is 1. The number of hydrogen-bond donors (Lipinski definition) is 1. The summed E-state index contributed by atoms with van der Waals surface area (Å²) in [6, 6.07) is 9.45. The number of urea groups is 1. The van der Waals surface area contributed by atoms with Crippen molar-refractivity contribution in [3.8, 4) is 0 Å². The van der Waals surface area contributed by atoms with Crippen molar-refractivity contribution in [3.05, 3.63) is 35.9 Å². The van der Waals surface area contributed by atoms with E-state index in [4.69, 9.17) is 4.74 Å². The molecule has 3 heterocycles. The van der Waals surface area contributed by atoms with Gasteiger partial charge in [-0.1, -0.05) is 30.3 Å². The molecule has 3 aliphatic rings. The zero-order valence-corrected chi connectivity index (χ0v) is 16.1. The van der Waals surface area contributed by atoms with Crippen molar-refractivity contribution in [2.24, 2.45) is 0 Å². The van der Waals surface area contributed by atoms with Crippen molar-refractivity contribution in [1.29, 1.82) is 0 Å². The van der Waals surface area contributed by atoms with Crippen LogP contribution in [0.15, 0.2) is 30.3 Å². The molecule has 3 aliphatic heterocycles. The smallest absolute Gasteiger partial charge is 0.410 e. The van der Waals surface area contributed by atoms with Gasteiger partial charge in [0.25, 0.3) is 5.91 Å². The Bertz CT molecular complexity index is 803. The molecule has 5 amide bonds. The number of nitrogens with zero attached hydrogens (tertiary/aromatic N) is 3. The molecule has 9 nitrogen and oxygen atoms in total. The molecular weight excluding hydrogens is 376 g/mol. The summed E-state index contributed by atoms with van der Waals surface area (Å²) in [5, 5.41) is 2.40. The van der Waals surface area contributed by atoms with Crippen LogP contribution in [0.1, 0.15) is 18.4 Å². The van der Waals surface area contributed by atoms with Gasteiger partial charge in [-0.25, -0.2) is 9.59 Å². The molecule has 29 heavy (non-hydrogen) atoms. The van der Waals surface area contributed by atoms with E-state index in [2.05, 4.69) is 5.32 Å². The minimum atomic E-state index is -0.564. The van der Waals surface area contributed by atoms with E-state index in [1.54, 1.807) is 9.80 Å². The molecule has 3 fully saturated rings. The van der Waals surface area contributed by atoms with Crippen molar-refractivity contribution in [3.63, 3.8) is 0 Å². The van der Waals surface area contributed by atoms with Gasteiger partial charge in [-0.2, -0.15) is 0 Å². The fraction of sp³-hybridized carbons (Fsp3) is 0.500. The van der Waals surface area contributed by atoms with Crippen molar-refractivity contribution in [2.45, 2.75) is 24.9 Å². The highest BCUT2D eigenvalue weighted by Crippen LogP contribution is 2.33. The first-order valence-corrected chi connectivity index (χ1v) is 9.84. The largest absolute Gasteiger partial charge is 0.441 e. The maximum atomic E-state index is 12.5. The molecule has 4 rings (SSSR count). The third-order valence-corrected chi connectivity index (χ3v) is 5.81. The van der Waals surface area contributed by atoms with Crippen molar-refractivity contribution in [1.82, 2.24) is 20.0 Å². The molecule has 0 aliphatic carbocycles. The van der Waals surface area contributed by atoms with E-state index < -0.39 is 17.5 Å². The third kappa shape index (κ3) is 4.03. The van der Waals surface area contributed by atoms with Gasteiger partial charge >= 0.3 is 12.1 Å². The first-order valence-electron chi connectivity index (χ1n) is 9.84. The summed E-state index contributed by atoms with van der Waals surface area (Å²) in [5.41, 5.74) is 0.605. The minimum absolute atomic E-state index is 0.0655. The van der Waals surface area contributed by atoms with Crippen molar-refractivity contribution >= 4 is 23.9 Å². The van der Waals surface area contributed by atoms with E-state index in [1.807, 2.05) is 30.3 Å². The van der Waals surface area contributed by atoms with Gasteiger partial charge in [0, 0.05) is 32.5 Å². The summed E-state index contributed by atoms with van der Waals surface area (Å²) in [7, 11) is 0. The molecule has 0 bridgehead atoms. The van der Waals surface area contributed by atoms with Gasteiger partial charge in [-0.05, 0) is 12.0 Å². The van der Waals surface area contributed by atoms with E-state index in [0.29, 0.717) is 39.0 Å². The number of piperidine rings is 1. The lowest BCUT2D eigenvalue weighted by Crippen LogP contribution is -2.51. The van der Waals surface area contributed by atoms with E-state index in [1.165, 1.54) is 5.56 Å². The molecule has 0 aromatic heterocycles. The minimum Gasteiger partial charge on any atom is -0.441 e. The number of rotatable bonds is 5. The molecule has 0 atom stereocenters. The molecular formula is C20H24N4O5. The molecule has 1 aromatic carbocycles. The van der Waals surface area contributed by atoms with Crippen LogP contribution in [0.3, 0.4) is 0 Å². The Morgan fingerprint density at radius 3 is 2.48 bits per heavy atom. The van der Waals surface area contributed by atoms with Gasteiger partial charge in [0.15, 0.2) is 0 Å². The van der Waals surface area contributed by atoms with Crippen LogP contribution in [-0.2, 0) is 20.7 Å². The second kappa shape index (κ2) is 7.73. The summed E-state index contributed by atoms with van der Waals surface area (Å²) in [5.74, 6) is -0.661. The molecule has 9 heteroatoms. The Labute approximate surface area is 168 Å². The predicted octanol–water partition coefficient (Wildman–Crippen LogP) is 0.594. The van der Waals surface area contributed by atoms with E-state index in [0.717, 1.165) is 11.3 Å². The number of amides is 5. The third-order valence-electron chi connectivity index (χ3n) is 5.81. The van der Waals surface area contributed by atoms with Crippen LogP contribution in [0, 0.1) is 0 Å². The molecule has 0 radical (unpaired) electrons. The van der Waals surface area contributed by atoms with Crippen LogP contribution in [0.4, 0.5) is 9.59 Å². The monoisotopic (exact) mass is 400 g/mol. The molecule has 0 unspecified atom stereocenters. The Balaban J connectivity index is 1.28. The SMILES string of the molecule is O=C(CN1C(=O)CNC1=O)N1CCC2(CC1)CN(CCc1ccccc1)C(=O)O2. The summed E-state index contributed by atoms with van der Waals surface area (Å²) < 4.78 is 5.71. The Kier molecular flexibility index (Phi) is 5.12. The van der Waals surface area contributed by atoms with Gasteiger partial charge in [-0.3, -0.25) is 14.5 Å². The average molecular weight is 400 g/mol. The number of carbonyl (C=O) groups excluding carboxylic acids is 4. The Morgan fingerprint density at radius 1 is 1.10 bits per heavy atom. The Hall–Kier alpha value is -3.10. The number of benzene rings is 1. The molecule has 154 valence electrons. The van der Waals surface area contributed by atoms with E-state index in [9.17, 15) is 19.2 Å². The Morgan fingerprint density at radius 2 is 1.83 bits per heavy atom. The van der Waals surface area contributed by atoms with Gasteiger partial charge < -0.3 is 19.9 Å². The molecule has 0 saturated carbocycles. The van der Waals surface area contributed by atoms with Crippen molar-refractivity contribution in [2.75, 3.05) is 39.3 Å². The van der Waals surface area contributed by atoms with Crippen LogP contribution >= 0.6 is 0 Å². The van der Waals surface area contributed by atoms with Crippen LogP contribution in [0.5, 0.6) is 0 Å². The van der Waals surface area contributed by atoms with E-state index >= 15 is 0 Å². The first kappa shape index (κ1) is 19.2. The second-order valence-corrected chi connectivity index (χ2v) is 7.73. The number of nitrogens with one attached hydrogen (secondary N) is 1. The van der Waals surface area contributed by atoms with Crippen LogP contribution in [-0.4, -0.2) is 83.5 Å². The van der Waals surface area contributed by atoms with Gasteiger partial charge in [-0.15, -0.1) is 0 Å². The molecule has 1 N–H and O–H groups in total. The summed E-state index contributed by atoms with van der Waals surface area (Å²) >= 11 is 0. The van der Waals surface area contributed by atoms with Gasteiger partial charge in [0.2, 0.25) is 5.91 Å². The zero-order valence-electron chi connectivity index (χ0n) is 16.1. The topological polar surface area (TPSA) is 99.3 Å². The highest BCUT2D eigenvalue weighted by atomic mass is 16.6. The molecule has 1 aromatic rings. The highest BCUT2D eigenvalue weighted by Gasteiger charge is 2.47. The molecule has 1 spiro atoms. The van der Waals surface area contributed by atoms with E-state index in [-0.39, 0.29) is 25.1 Å². The maximum Gasteiger partial charge on any atom is 0.410 e. The van der Waals surface area contributed by atoms with Gasteiger partial charge in [0.1, 0.15) is 12.1 Å². The van der Waals surface area contributed by atoms with Crippen molar-refractivity contribution < 1.29 is 23.9 Å². The fourth-order valence-electron chi connectivity index (χ4n) is 4.05. The fourth-order valence-corrected chi connectivity index (χ4v) is 4.05. The highest BCUT2D eigenvalue weighted by molar-refractivity contribution is 6.04. The average Bonchev–Trinajstić information content (AvgIpc) is 3.20. The maximum absolute atomic E-state index is 12.5. The van der Waals surface area contributed by atoms with Crippen LogP contribution in [0.2, 0.25) is 0 Å². The number of ether oxygens (including phenoxy) is 1. The lowest BCUT2D eigenvalue weighted by atomic mass is 9.91. The van der Waals surface area contributed by atoms with Crippen LogP contribution < -0.4 is 5.32 Å². The van der Waals surface area contributed by atoms with Crippen LogP contribution in [0.25, 0.3) is 0 Å². The number of carbonyl (C=O) groups is 4. The number of hydrogen-bond acceptors (Lipinski definition) is 5. The second-order valence-electron chi connectivity index (χ2n) is 7.73. The van der Waals surface area contributed by atoms with Gasteiger partial charge in [0.05, 0.1) is 13.1 Å². The summed E-state index contributed by atoms with van der Waals surface area (Å²) in [4.78, 5) is 52.3. The predicted molar refractivity (Wildman–Crippen MR) is 102 cm³/mol. The standard InChI is InChI=1S/C20H24N4O5/c25-16-12-21-18(27)24(16)13-17(26)22-10-7-20(8-11-22)14-23(19(28)29-20)9-6-15-4-2-1-3-5-15/h1-5H,6-14H2,(H,21,27). The normalized spacial score (nSPS) is 21.0. The summed E-state index contributed by atoms with van der Waals surface area (Å²) in [6.07, 6.45) is 1.56. The summed E-state index contributed by atoms with van der Waals surface area (Å²) in [6.45, 7) is 1.67. The lowest BCUT2D eigenvalue weighted by Gasteiger charge is -2.37. The first-order chi connectivity index (χ1) is 14.0. The quantitative estimate of drug-likeness (QED) is 0.730. The molecule has 3 saturated heterocycles.